The normalized spacial score (nSPS) is 28.8. The second-order valence-corrected chi connectivity index (χ2v) is 10.1. The SMILES string of the molecule is O=C(NO)C1CC2(CC2)CNC1C(=O)C1CC(c2ccc3oc4ccccc4c3c2)CCN1. The van der Waals surface area contributed by atoms with Crippen molar-refractivity contribution in [2.45, 2.75) is 50.1 Å². The second kappa shape index (κ2) is 7.94. The third kappa shape index (κ3) is 3.64. The van der Waals surface area contributed by atoms with Gasteiger partial charge in [0, 0.05) is 17.3 Å². The summed E-state index contributed by atoms with van der Waals surface area (Å²) >= 11 is 0. The van der Waals surface area contributed by atoms with Crippen molar-refractivity contribution in [1.82, 2.24) is 16.1 Å². The Balaban J connectivity index is 1.23. The maximum Gasteiger partial charge on any atom is 0.248 e. The van der Waals surface area contributed by atoms with E-state index in [0.717, 1.165) is 54.3 Å². The van der Waals surface area contributed by atoms with E-state index in [2.05, 4.69) is 28.8 Å². The molecular weight excluding hydrogens is 418 g/mol. The minimum atomic E-state index is -0.570. The van der Waals surface area contributed by atoms with Crippen molar-refractivity contribution in [1.29, 1.82) is 0 Å². The van der Waals surface area contributed by atoms with Gasteiger partial charge in [-0.15, -0.1) is 0 Å². The molecule has 0 bridgehead atoms. The number of hydroxylamine groups is 1. The second-order valence-electron chi connectivity index (χ2n) is 10.1. The number of carbonyl (C=O) groups is 2. The number of rotatable bonds is 4. The Bertz CT molecular complexity index is 1230. The molecule has 3 aromatic rings. The van der Waals surface area contributed by atoms with Gasteiger partial charge in [-0.05, 0) is 73.7 Å². The Labute approximate surface area is 191 Å². The van der Waals surface area contributed by atoms with Crippen LogP contribution >= 0.6 is 0 Å². The van der Waals surface area contributed by atoms with Gasteiger partial charge in [0.1, 0.15) is 11.2 Å². The summed E-state index contributed by atoms with van der Waals surface area (Å²) in [6, 6.07) is 13.5. The van der Waals surface area contributed by atoms with Crippen LogP contribution in [0.25, 0.3) is 21.9 Å². The lowest BCUT2D eigenvalue weighted by Crippen LogP contribution is -2.60. The van der Waals surface area contributed by atoms with Crippen molar-refractivity contribution in [3.63, 3.8) is 0 Å². The Morgan fingerprint density at radius 1 is 1.06 bits per heavy atom. The van der Waals surface area contributed by atoms with Gasteiger partial charge in [0.05, 0.1) is 18.0 Å². The van der Waals surface area contributed by atoms with Gasteiger partial charge >= 0.3 is 0 Å². The van der Waals surface area contributed by atoms with E-state index in [4.69, 9.17) is 4.42 Å². The molecule has 4 atom stereocenters. The predicted molar refractivity (Wildman–Crippen MR) is 124 cm³/mol. The highest BCUT2D eigenvalue weighted by Gasteiger charge is 2.53. The van der Waals surface area contributed by atoms with Crippen LogP contribution in [0, 0.1) is 11.3 Å². The minimum Gasteiger partial charge on any atom is -0.456 e. The van der Waals surface area contributed by atoms with Gasteiger partial charge in [-0.2, -0.15) is 0 Å². The molecule has 33 heavy (non-hydrogen) atoms. The molecule has 2 saturated heterocycles. The summed E-state index contributed by atoms with van der Waals surface area (Å²) in [5, 5.41) is 18.2. The molecule has 172 valence electrons. The Hall–Kier alpha value is -2.74. The number of carbonyl (C=O) groups excluding carboxylic acids is 2. The van der Waals surface area contributed by atoms with E-state index in [9.17, 15) is 14.8 Å². The third-order valence-corrected chi connectivity index (χ3v) is 8.08. The van der Waals surface area contributed by atoms with Crippen LogP contribution in [-0.4, -0.2) is 42.1 Å². The molecule has 3 fully saturated rings. The molecule has 4 N–H and O–H groups in total. The number of Topliss-reactive ketones (excluding diaryl/α,β-unsaturated/α-hetero) is 1. The van der Waals surface area contributed by atoms with Gasteiger partial charge in [0.25, 0.3) is 0 Å². The van der Waals surface area contributed by atoms with E-state index in [-0.39, 0.29) is 23.2 Å². The van der Waals surface area contributed by atoms with E-state index in [0.29, 0.717) is 12.8 Å². The van der Waals surface area contributed by atoms with Gasteiger partial charge in [0.2, 0.25) is 5.91 Å². The zero-order valence-electron chi connectivity index (χ0n) is 18.5. The number of benzene rings is 2. The number of hydrogen-bond acceptors (Lipinski definition) is 6. The molecule has 7 nitrogen and oxygen atoms in total. The minimum absolute atomic E-state index is 0.0265. The molecule has 7 heteroatoms. The van der Waals surface area contributed by atoms with Crippen molar-refractivity contribution in [2.75, 3.05) is 13.1 Å². The number of ketones is 1. The average Bonchev–Trinajstić information content (AvgIpc) is 3.51. The molecule has 1 amide bonds. The molecule has 1 aromatic heterocycles. The number of hydrogen-bond donors (Lipinski definition) is 4. The van der Waals surface area contributed by atoms with Crippen LogP contribution in [0.5, 0.6) is 0 Å². The molecule has 2 aromatic carbocycles. The Kier molecular flexibility index (Phi) is 5.01. The van der Waals surface area contributed by atoms with Crippen molar-refractivity contribution >= 4 is 33.6 Å². The summed E-state index contributed by atoms with van der Waals surface area (Å²) in [5.74, 6) is -0.716. The highest BCUT2D eigenvalue weighted by molar-refractivity contribution is 6.05. The fourth-order valence-electron chi connectivity index (χ4n) is 5.96. The van der Waals surface area contributed by atoms with E-state index in [1.807, 2.05) is 24.3 Å². The first kappa shape index (κ1) is 20.8. The van der Waals surface area contributed by atoms with Crippen LogP contribution in [0.4, 0.5) is 0 Å². The standard InChI is InChI=1S/C26H29N3O4/c30-24(23-19(25(31)29-32)13-26(8-9-26)14-28-23)20-12-16(7-10-27-20)15-5-6-22-18(11-15)17-3-1-2-4-21(17)33-22/h1-6,11,16,19-20,23,27-28,32H,7-10,12-14H2,(H,29,31). The molecular formula is C26H29N3O4. The largest absolute Gasteiger partial charge is 0.456 e. The van der Waals surface area contributed by atoms with Crippen LogP contribution < -0.4 is 16.1 Å². The fourth-order valence-corrected chi connectivity index (χ4v) is 5.96. The van der Waals surface area contributed by atoms with Gasteiger partial charge in [-0.3, -0.25) is 14.8 Å². The first-order valence-corrected chi connectivity index (χ1v) is 11.9. The van der Waals surface area contributed by atoms with Crippen molar-refractivity contribution < 1.29 is 19.2 Å². The number of piperidine rings is 2. The number of amides is 1. The highest BCUT2D eigenvalue weighted by atomic mass is 16.5. The molecule has 1 saturated carbocycles. The topological polar surface area (TPSA) is 104 Å². The lowest BCUT2D eigenvalue weighted by atomic mass is 9.76. The van der Waals surface area contributed by atoms with Gasteiger partial charge in [0.15, 0.2) is 5.78 Å². The number of para-hydroxylation sites is 1. The van der Waals surface area contributed by atoms with E-state index < -0.39 is 17.9 Å². The maximum absolute atomic E-state index is 13.5. The monoisotopic (exact) mass is 447 g/mol. The molecule has 6 rings (SSSR count). The zero-order chi connectivity index (χ0) is 22.6. The first-order valence-electron chi connectivity index (χ1n) is 11.9. The molecule has 0 radical (unpaired) electrons. The average molecular weight is 448 g/mol. The zero-order valence-corrected chi connectivity index (χ0v) is 18.5. The number of fused-ring (bicyclic) bond motifs is 3. The lowest BCUT2D eigenvalue weighted by molar-refractivity contribution is -0.140. The predicted octanol–water partition coefficient (Wildman–Crippen LogP) is 3.25. The molecule has 1 spiro atoms. The van der Waals surface area contributed by atoms with Crippen LogP contribution in [0.1, 0.15) is 43.6 Å². The quantitative estimate of drug-likeness (QED) is 0.362. The van der Waals surface area contributed by atoms with Crippen molar-refractivity contribution in [3.05, 3.63) is 48.0 Å². The van der Waals surface area contributed by atoms with Crippen molar-refractivity contribution in [2.24, 2.45) is 11.3 Å². The van der Waals surface area contributed by atoms with Crippen LogP contribution in [0.2, 0.25) is 0 Å². The summed E-state index contributed by atoms with van der Waals surface area (Å²) in [6.07, 6.45) is 4.45. The molecule has 2 aliphatic heterocycles. The Morgan fingerprint density at radius 3 is 2.70 bits per heavy atom. The number of furan rings is 1. The fraction of sp³-hybridized carbons (Fsp3) is 0.462. The lowest BCUT2D eigenvalue weighted by Gasteiger charge is -2.38. The molecule has 3 heterocycles. The molecule has 3 aliphatic rings. The summed E-state index contributed by atoms with van der Waals surface area (Å²) in [7, 11) is 0. The highest BCUT2D eigenvalue weighted by Crippen LogP contribution is 2.52. The summed E-state index contributed by atoms with van der Waals surface area (Å²) < 4.78 is 5.97. The van der Waals surface area contributed by atoms with E-state index in [1.54, 1.807) is 5.48 Å². The maximum atomic E-state index is 13.5. The van der Waals surface area contributed by atoms with Gasteiger partial charge < -0.3 is 15.1 Å². The number of nitrogens with one attached hydrogen (secondary N) is 3. The summed E-state index contributed by atoms with van der Waals surface area (Å²) in [5.41, 5.74) is 4.89. The third-order valence-electron chi connectivity index (χ3n) is 8.08. The molecule has 1 aliphatic carbocycles. The molecule has 4 unspecified atom stereocenters. The van der Waals surface area contributed by atoms with E-state index >= 15 is 0 Å². The van der Waals surface area contributed by atoms with Crippen LogP contribution in [-0.2, 0) is 9.59 Å². The van der Waals surface area contributed by atoms with Crippen molar-refractivity contribution in [3.8, 4) is 0 Å². The van der Waals surface area contributed by atoms with Gasteiger partial charge in [-0.1, -0.05) is 24.3 Å². The van der Waals surface area contributed by atoms with Gasteiger partial charge in [-0.25, -0.2) is 5.48 Å². The summed E-state index contributed by atoms with van der Waals surface area (Å²) in [6.45, 7) is 1.51. The summed E-state index contributed by atoms with van der Waals surface area (Å²) in [4.78, 5) is 25.9. The Morgan fingerprint density at radius 2 is 1.88 bits per heavy atom. The van der Waals surface area contributed by atoms with Crippen LogP contribution in [0.3, 0.4) is 0 Å². The first-order chi connectivity index (χ1) is 16.1. The van der Waals surface area contributed by atoms with Crippen LogP contribution in [0.15, 0.2) is 46.9 Å². The smallest absolute Gasteiger partial charge is 0.248 e. The van der Waals surface area contributed by atoms with E-state index in [1.165, 1.54) is 5.56 Å².